The van der Waals surface area contributed by atoms with Gasteiger partial charge < -0.3 is 15.7 Å². The summed E-state index contributed by atoms with van der Waals surface area (Å²) in [7, 11) is -3.73. The molecule has 0 aromatic heterocycles. The van der Waals surface area contributed by atoms with Gasteiger partial charge >= 0.3 is 5.97 Å². The zero-order valence-electron chi connectivity index (χ0n) is 16.5. The summed E-state index contributed by atoms with van der Waals surface area (Å²) in [5, 5.41) is 15.7. The first-order valence-corrected chi connectivity index (χ1v) is 12.0. The third-order valence-electron chi connectivity index (χ3n) is 4.63. The Labute approximate surface area is 178 Å². The highest BCUT2D eigenvalue weighted by Gasteiger charge is 2.18. The van der Waals surface area contributed by atoms with E-state index >= 15 is 0 Å². The fourth-order valence-electron chi connectivity index (χ4n) is 3.14. The standard InChI is InChI=1S/C13H22N2.C8H7ClO4S/c1-3-10-14-12(6-1)8-5-9-13-7-2-4-11-15-13;9-6-1-3-7(4-2-6)14(12,13)5-8(10)11/h6-7,14-15H,1-5,8-11H2;1-4H,5H2,(H,10,11). The summed E-state index contributed by atoms with van der Waals surface area (Å²) in [5.41, 5.74) is 2.94. The van der Waals surface area contributed by atoms with Gasteiger partial charge in [0.1, 0.15) is 0 Å². The Morgan fingerprint density at radius 1 is 0.966 bits per heavy atom. The third kappa shape index (κ3) is 8.92. The molecule has 0 aliphatic carbocycles. The number of carboxylic acid groups (broad SMARTS) is 1. The van der Waals surface area contributed by atoms with Gasteiger partial charge in [0.15, 0.2) is 15.6 Å². The van der Waals surface area contributed by atoms with Crippen molar-refractivity contribution >= 4 is 27.4 Å². The largest absolute Gasteiger partial charge is 0.480 e. The van der Waals surface area contributed by atoms with E-state index in [9.17, 15) is 13.2 Å². The van der Waals surface area contributed by atoms with E-state index < -0.39 is 21.6 Å². The summed E-state index contributed by atoms with van der Waals surface area (Å²) in [6, 6.07) is 5.35. The van der Waals surface area contributed by atoms with Crippen molar-refractivity contribution in [2.45, 2.75) is 49.8 Å². The van der Waals surface area contributed by atoms with Crippen LogP contribution in [-0.4, -0.2) is 38.3 Å². The molecule has 0 spiro atoms. The molecule has 0 saturated carbocycles. The number of carboxylic acids is 1. The minimum absolute atomic E-state index is 0.0377. The molecule has 0 atom stereocenters. The highest BCUT2D eigenvalue weighted by molar-refractivity contribution is 7.92. The molecule has 1 aromatic rings. The molecule has 160 valence electrons. The highest BCUT2D eigenvalue weighted by atomic mass is 35.5. The van der Waals surface area contributed by atoms with Crippen molar-refractivity contribution in [3.63, 3.8) is 0 Å². The molecule has 0 bridgehead atoms. The van der Waals surface area contributed by atoms with E-state index in [0.717, 1.165) is 0 Å². The maximum atomic E-state index is 11.3. The molecule has 1 aromatic carbocycles. The number of benzene rings is 1. The number of rotatable bonds is 7. The van der Waals surface area contributed by atoms with Gasteiger partial charge in [-0.2, -0.15) is 0 Å². The monoisotopic (exact) mass is 440 g/mol. The van der Waals surface area contributed by atoms with Gasteiger partial charge in [-0.3, -0.25) is 4.79 Å². The maximum absolute atomic E-state index is 11.3. The van der Waals surface area contributed by atoms with Crippen LogP contribution in [0, 0.1) is 0 Å². The van der Waals surface area contributed by atoms with Crippen LogP contribution in [0.4, 0.5) is 0 Å². The van der Waals surface area contributed by atoms with Gasteiger partial charge in [0.05, 0.1) is 4.90 Å². The predicted octanol–water partition coefficient (Wildman–Crippen LogP) is 3.89. The molecule has 0 radical (unpaired) electrons. The number of sulfone groups is 1. The SMILES string of the molecule is C1=C(CCCC2=CCCCN2)NCCC1.O=C(O)CS(=O)(=O)c1ccc(Cl)cc1. The molecule has 29 heavy (non-hydrogen) atoms. The van der Waals surface area contributed by atoms with Crippen LogP contribution in [0.25, 0.3) is 0 Å². The van der Waals surface area contributed by atoms with Crippen molar-refractivity contribution in [1.29, 1.82) is 0 Å². The van der Waals surface area contributed by atoms with Gasteiger partial charge in [-0.25, -0.2) is 8.42 Å². The number of aliphatic carboxylic acids is 1. The summed E-state index contributed by atoms with van der Waals surface area (Å²) >= 11 is 5.56. The fraction of sp³-hybridized carbons (Fsp3) is 0.476. The molecular weight excluding hydrogens is 412 g/mol. The summed E-state index contributed by atoms with van der Waals surface area (Å²) in [5.74, 6) is -2.28. The smallest absolute Gasteiger partial charge is 0.319 e. The van der Waals surface area contributed by atoms with E-state index in [1.165, 1.54) is 93.7 Å². The first-order valence-electron chi connectivity index (χ1n) is 9.93. The van der Waals surface area contributed by atoms with Crippen LogP contribution in [0.3, 0.4) is 0 Å². The maximum Gasteiger partial charge on any atom is 0.319 e. The predicted molar refractivity (Wildman–Crippen MR) is 116 cm³/mol. The van der Waals surface area contributed by atoms with Crippen LogP contribution in [-0.2, 0) is 14.6 Å². The van der Waals surface area contributed by atoms with Gasteiger partial charge in [-0.1, -0.05) is 23.8 Å². The minimum atomic E-state index is -3.73. The Morgan fingerprint density at radius 3 is 1.90 bits per heavy atom. The first-order chi connectivity index (χ1) is 13.9. The second kappa shape index (κ2) is 11.9. The fourth-order valence-corrected chi connectivity index (χ4v) is 4.31. The van der Waals surface area contributed by atoms with Gasteiger partial charge in [-0.15, -0.1) is 0 Å². The second-order valence-electron chi connectivity index (χ2n) is 7.06. The van der Waals surface area contributed by atoms with Crippen molar-refractivity contribution in [2.75, 3.05) is 18.8 Å². The lowest BCUT2D eigenvalue weighted by Crippen LogP contribution is -2.20. The van der Waals surface area contributed by atoms with E-state index in [1.54, 1.807) is 0 Å². The first kappa shape index (κ1) is 23.3. The Hall–Kier alpha value is -1.99. The molecule has 2 aliphatic rings. The molecular formula is C21H29ClN2O4S. The topological polar surface area (TPSA) is 95.5 Å². The molecule has 6 nitrogen and oxygen atoms in total. The molecule has 3 N–H and O–H groups in total. The quantitative estimate of drug-likeness (QED) is 0.595. The number of halogens is 1. The molecule has 2 aliphatic heterocycles. The third-order valence-corrected chi connectivity index (χ3v) is 6.50. The van der Waals surface area contributed by atoms with Crippen molar-refractivity contribution in [3.05, 3.63) is 52.8 Å². The van der Waals surface area contributed by atoms with Crippen LogP contribution in [0.5, 0.6) is 0 Å². The van der Waals surface area contributed by atoms with Crippen molar-refractivity contribution in [3.8, 4) is 0 Å². The van der Waals surface area contributed by atoms with Crippen molar-refractivity contribution < 1.29 is 18.3 Å². The lowest BCUT2D eigenvalue weighted by Gasteiger charge is -2.18. The summed E-state index contributed by atoms with van der Waals surface area (Å²) in [4.78, 5) is 10.2. The molecule has 3 rings (SSSR count). The Bertz CT molecular complexity index is 807. The van der Waals surface area contributed by atoms with Gasteiger partial charge in [0.2, 0.25) is 0 Å². The Morgan fingerprint density at radius 2 is 1.48 bits per heavy atom. The zero-order valence-corrected chi connectivity index (χ0v) is 18.1. The molecule has 8 heteroatoms. The van der Waals surface area contributed by atoms with E-state index in [1.807, 2.05) is 0 Å². The van der Waals surface area contributed by atoms with E-state index in [-0.39, 0.29) is 4.90 Å². The van der Waals surface area contributed by atoms with Crippen molar-refractivity contribution in [2.24, 2.45) is 0 Å². The Balaban J connectivity index is 0.000000208. The molecule has 2 heterocycles. The molecule has 0 amide bonds. The van der Waals surface area contributed by atoms with Crippen LogP contribution < -0.4 is 10.6 Å². The second-order valence-corrected chi connectivity index (χ2v) is 9.48. The zero-order chi connectivity index (χ0) is 21.1. The van der Waals surface area contributed by atoms with E-state index in [2.05, 4.69) is 22.8 Å². The number of allylic oxidation sites excluding steroid dienone is 4. The van der Waals surface area contributed by atoms with E-state index in [0.29, 0.717) is 5.02 Å². The Kier molecular flexibility index (Phi) is 9.54. The van der Waals surface area contributed by atoms with Gasteiger partial charge in [0.25, 0.3) is 0 Å². The van der Waals surface area contributed by atoms with Gasteiger partial charge in [-0.05, 0) is 69.2 Å². The minimum Gasteiger partial charge on any atom is -0.480 e. The number of carbonyl (C=O) groups is 1. The van der Waals surface area contributed by atoms with Crippen LogP contribution >= 0.6 is 11.6 Å². The number of hydrogen-bond donors (Lipinski definition) is 3. The average molecular weight is 441 g/mol. The lowest BCUT2D eigenvalue weighted by atomic mass is 10.1. The van der Waals surface area contributed by atoms with E-state index in [4.69, 9.17) is 16.7 Å². The average Bonchev–Trinajstić information content (AvgIpc) is 2.69. The normalized spacial score (nSPS) is 16.3. The summed E-state index contributed by atoms with van der Waals surface area (Å²) in [6.45, 7) is 2.35. The van der Waals surface area contributed by atoms with Crippen LogP contribution in [0.2, 0.25) is 5.02 Å². The molecule has 0 fully saturated rings. The van der Waals surface area contributed by atoms with Gasteiger partial charge in [0, 0.05) is 29.5 Å². The summed E-state index contributed by atoms with van der Waals surface area (Å²) in [6.07, 6.45) is 13.6. The highest BCUT2D eigenvalue weighted by Crippen LogP contribution is 2.16. The molecule has 0 unspecified atom stereocenters. The van der Waals surface area contributed by atoms with Crippen molar-refractivity contribution in [1.82, 2.24) is 10.6 Å². The van der Waals surface area contributed by atoms with Crippen LogP contribution in [0.1, 0.15) is 44.9 Å². The molecule has 0 saturated heterocycles. The lowest BCUT2D eigenvalue weighted by molar-refractivity contribution is -0.134. The number of nitrogens with one attached hydrogen (secondary N) is 2. The summed E-state index contributed by atoms with van der Waals surface area (Å²) < 4.78 is 22.7. The van der Waals surface area contributed by atoms with Crippen LogP contribution in [0.15, 0.2) is 52.7 Å². The number of hydrogen-bond acceptors (Lipinski definition) is 5.